The molecule has 3 heterocycles. The topological polar surface area (TPSA) is 97.9 Å². The van der Waals surface area contributed by atoms with Gasteiger partial charge >= 0.3 is 6.18 Å². The van der Waals surface area contributed by atoms with E-state index >= 15 is 0 Å². The summed E-state index contributed by atoms with van der Waals surface area (Å²) in [6.07, 6.45) is -1.18. The van der Waals surface area contributed by atoms with Crippen molar-refractivity contribution in [2.45, 2.75) is 45.1 Å². The number of amides is 1. The smallest absolute Gasteiger partial charge is 0.349 e. The standard InChI is InChI=1S/C29H27BrF3N7O2/c1-5-16(2)35-28-36-24-14-39(26(41)19-8-11-23(30)22(13-19)29(31,32)33)17(3)12-21(24)27(42)40(28)20-9-6-18(7-10-20)25-37-34-15-38(25)4/h5-11,13,15-17H,1,12,14H2,2-4H3,(H,35,36)/t16-,17-/m1/s1. The fraction of sp³-hybridized carbons (Fsp3) is 0.276. The first-order chi connectivity index (χ1) is 19.9. The van der Waals surface area contributed by atoms with Gasteiger partial charge < -0.3 is 14.8 Å². The highest BCUT2D eigenvalue weighted by Crippen LogP contribution is 2.36. The Balaban J connectivity index is 1.54. The Kier molecular flexibility index (Phi) is 7.80. The van der Waals surface area contributed by atoms with Crippen molar-refractivity contribution in [3.63, 3.8) is 0 Å². The van der Waals surface area contributed by atoms with Gasteiger partial charge in [0.25, 0.3) is 11.5 Å². The number of aryl methyl sites for hydroxylation is 1. The van der Waals surface area contributed by atoms with E-state index < -0.39 is 23.7 Å². The Bertz CT molecular complexity index is 1730. The van der Waals surface area contributed by atoms with E-state index in [1.54, 1.807) is 36.0 Å². The third-order valence-corrected chi connectivity index (χ3v) is 7.89. The number of aromatic nitrogens is 5. The van der Waals surface area contributed by atoms with Gasteiger partial charge in [0.1, 0.15) is 6.33 Å². The van der Waals surface area contributed by atoms with Crippen LogP contribution in [0.1, 0.15) is 41.0 Å². The lowest BCUT2D eigenvalue weighted by atomic mass is 9.98. The lowest BCUT2D eigenvalue weighted by Crippen LogP contribution is -2.46. The lowest BCUT2D eigenvalue weighted by Gasteiger charge is -2.35. The summed E-state index contributed by atoms with van der Waals surface area (Å²) < 4.78 is 43.6. The summed E-state index contributed by atoms with van der Waals surface area (Å²) in [5.41, 5.74) is 0.868. The minimum absolute atomic E-state index is 0.0366. The maximum atomic E-state index is 14.0. The first-order valence-corrected chi connectivity index (χ1v) is 13.8. The van der Waals surface area contributed by atoms with Crippen molar-refractivity contribution in [3.05, 3.63) is 98.7 Å². The largest absolute Gasteiger partial charge is 0.417 e. The molecule has 1 aliphatic heterocycles. The molecule has 0 unspecified atom stereocenters. The molecule has 0 radical (unpaired) electrons. The molecule has 0 fully saturated rings. The fourth-order valence-electron chi connectivity index (χ4n) is 4.87. The Morgan fingerprint density at radius 3 is 2.55 bits per heavy atom. The van der Waals surface area contributed by atoms with Crippen molar-refractivity contribution in [2.24, 2.45) is 7.05 Å². The van der Waals surface area contributed by atoms with Gasteiger partial charge in [-0.25, -0.2) is 9.55 Å². The Morgan fingerprint density at radius 1 is 1.21 bits per heavy atom. The number of nitrogens with zero attached hydrogens (tertiary/aromatic N) is 6. The second-order valence-electron chi connectivity index (χ2n) is 10.2. The number of nitrogens with one attached hydrogen (secondary N) is 1. The summed E-state index contributed by atoms with van der Waals surface area (Å²) >= 11 is 2.92. The third-order valence-electron chi connectivity index (χ3n) is 7.20. The van der Waals surface area contributed by atoms with E-state index in [9.17, 15) is 22.8 Å². The zero-order valence-corrected chi connectivity index (χ0v) is 24.6. The average molecular weight is 642 g/mol. The Labute approximate surface area is 247 Å². The van der Waals surface area contributed by atoms with E-state index in [0.29, 0.717) is 22.8 Å². The van der Waals surface area contributed by atoms with Crippen molar-refractivity contribution >= 4 is 27.8 Å². The van der Waals surface area contributed by atoms with Crippen LogP contribution in [0.5, 0.6) is 0 Å². The van der Waals surface area contributed by atoms with Gasteiger partial charge in [0.2, 0.25) is 5.95 Å². The normalized spacial score (nSPS) is 15.7. The number of alkyl halides is 3. The van der Waals surface area contributed by atoms with Crippen molar-refractivity contribution < 1.29 is 18.0 Å². The molecule has 0 aliphatic carbocycles. The molecule has 1 N–H and O–H groups in total. The highest BCUT2D eigenvalue weighted by atomic mass is 79.9. The van der Waals surface area contributed by atoms with Crippen LogP contribution in [0.3, 0.4) is 0 Å². The molecule has 13 heteroatoms. The van der Waals surface area contributed by atoms with Crippen molar-refractivity contribution in [3.8, 4) is 17.1 Å². The van der Waals surface area contributed by atoms with Gasteiger partial charge in [0, 0.05) is 40.3 Å². The lowest BCUT2D eigenvalue weighted by molar-refractivity contribution is -0.138. The summed E-state index contributed by atoms with van der Waals surface area (Å²) in [6, 6.07) is 9.93. The summed E-state index contributed by atoms with van der Waals surface area (Å²) in [5.74, 6) is 0.343. The highest BCUT2D eigenvalue weighted by Gasteiger charge is 2.36. The molecule has 1 amide bonds. The summed E-state index contributed by atoms with van der Waals surface area (Å²) in [7, 11) is 1.83. The molecule has 2 atom stereocenters. The van der Waals surface area contributed by atoms with Crippen LogP contribution in [0.15, 0.2) is 70.7 Å². The molecule has 0 spiro atoms. The predicted octanol–water partition coefficient (Wildman–Crippen LogP) is 5.38. The maximum Gasteiger partial charge on any atom is 0.417 e. The van der Waals surface area contributed by atoms with E-state index in [1.807, 2.05) is 26.1 Å². The molecule has 2 aromatic carbocycles. The predicted molar refractivity (Wildman–Crippen MR) is 155 cm³/mol. The molecule has 2 aromatic heterocycles. The Hall–Kier alpha value is -4.26. The van der Waals surface area contributed by atoms with Crippen LogP contribution in [-0.2, 0) is 26.2 Å². The number of anilines is 1. The number of carbonyl (C=O) groups is 1. The number of benzene rings is 2. The molecular weight excluding hydrogens is 615 g/mol. The minimum Gasteiger partial charge on any atom is -0.349 e. The second-order valence-corrected chi connectivity index (χ2v) is 11.0. The van der Waals surface area contributed by atoms with Gasteiger partial charge in [0.15, 0.2) is 5.82 Å². The number of hydrogen-bond donors (Lipinski definition) is 1. The molecule has 1 aliphatic rings. The second kappa shape index (κ2) is 11.2. The summed E-state index contributed by atoms with van der Waals surface area (Å²) in [6.45, 7) is 7.37. The zero-order chi connectivity index (χ0) is 30.3. The first kappa shape index (κ1) is 29.2. The van der Waals surface area contributed by atoms with E-state index in [4.69, 9.17) is 4.98 Å². The molecule has 0 saturated heterocycles. The highest BCUT2D eigenvalue weighted by molar-refractivity contribution is 9.10. The maximum absolute atomic E-state index is 14.0. The monoisotopic (exact) mass is 641 g/mol. The van der Waals surface area contributed by atoms with Crippen LogP contribution in [0.4, 0.5) is 19.1 Å². The quantitative estimate of drug-likeness (QED) is 0.284. The summed E-state index contributed by atoms with van der Waals surface area (Å²) in [5, 5.41) is 11.2. The van der Waals surface area contributed by atoms with Gasteiger partial charge in [-0.15, -0.1) is 16.8 Å². The van der Waals surface area contributed by atoms with Crippen LogP contribution in [-0.4, -0.2) is 47.2 Å². The molecule has 5 rings (SSSR count). The van der Waals surface area contributed by atoms with Crippen molar-refractivity contribution in [1.29, 1.82) is 0 Å². The minimum atomic E-state index is -4.63. The number of rotatable bonds is 6. The van der Waals surface area contributed by atoms with Gasteiger partial charge in [-0.2, -0.15) is 13.2 Å². The Morgan fingerprint density at radius 2 is 1.93 bits per heavy atom. The van der Waals surface area contributed by atoms with Gasteiger partial charge in [-0.3, -0.25) is 9.59 Å². The van der Waals surface area contributed by atoms with Crippen LogP contribution in [0, 0.1) is 0 Å². The number of halogens is 4. The molecular formula is C29H27BrF3N7O2. The third kappa shape index (κ3) is 5.48. The van der Waals surface area contributed by atoms with Crippen LogP contribution < -0.4 is 10.9 Å². The van der Waals surface area contributed by atoms with E-state index in [-0.39, 0.29) is 40.6 Å². The van der Waals surface area contributed by atoms with Crippen LogP contribution in [0.25, 0.3) is 17.1 Å². The van der Waals surface area contributed by atoms with Gasteiger partial charge in [-0.05, 0) is 62.7 Å². The SMILES string of the molecule is C=C[C@@H](C)Nc1nc2c(c(=O)n1-c1ccc(-c3nncn3C)cc1)C[C@@H](C)N(C(=O)c1ccc(Br)c(C(F)(F)F)c1)C2. The van der Waals surface area contributed by atoms with Crippen LogP contribution >= 0.6 is 15.9 Å². The number of fused-ring (bicyclic) bond motifs is 1. The molecule has 42 heavy (non-hydrogen) atoms. The average Bonchev–Trinajstić information content (AvgIpc) is 3.38. The van der Waals surface area contributed by atoms with E-state index in [0.717, 1.165) is 11.6 Å². The van der Waals surface area contributed by atoms with Gasteiger partial charge in [0.05, 0.1) is 23.5 Å². The van der Waals surface area contributed by atoms with Crippen LogP contribution in [0.2, 0.25) is 0 Å². The number of carbonyl (C=O) groups excluding carboxylic acids is 1. The molecule has 9 nitrogen and oxygen atoms in total. The van der Waals surface area contributed by atoms with Crippen molar-refractivity contribution in [1.82, 2.24) is 29.2 Å². The molecule has 218 valence electrons. The number of hydrogen-bond acceptors (Lipinski definition) is 6. The molecule has 4 aromatic rings. The van der Waals surface area contributed by atoms with Gasteiger partial charge in [-0.1, -0.05) is 22.0 Å². The van der Waals surface area contributed by atoms with E-state index in [1.165, 1.54) is 21.6 Å². The zero-order valence-electron chi connectivity index (χ0n) is 23.0. The molecule has 0 bridgehead atoms. The molecule has 0 saturated carbocycles. The summed E-state index contributed by atoms with van der Waals surface area (Å²) in [4.78, 5) is 33.6. The van der Waals surface area contributed by atoms with E-state index in [2.05, 4.69) is 38.0 Å². The first-order valence-electron chi connectivity index (χ1n) is 13.1. The van der Waals surface area contributed by atoms with Crippen molar-refractivity contribution in [2.75, 3.05) is 5.32 Å². The fourth-order valence-corrected chi connectivity index (χ4v) is 5.35.